The van der Waals surface area contributed by atoms with Crippen molar-refractivity contribution in [1.29, 1.82) is 0 Å². The number of rotatable bonds is 2. The van der Waals surface area contributed by atoms with Gasteiger partial charge >= 0.3 is 0 Å². The van der Waals surface area contributed by atoms with Crippen LogP contribution in [0.1, 0.15) is 0 Å². The molecule has 0 spiro atoms. The fourth-order valence-electron chi connectivity index (χ4n) is 1.51. The highest BCUT2D eigenvalue weighted by molar-refractivity contribution is 6.31. The third kappa shape index (κ3) is 1.84. The monoisotopic (exact) mass is 237 g/mol. The van der Waals surface area contributed by atoms with Crippen molar-refractivity contribution in [2.75, 3.05) is 12.8 Å². The van der Waals surface area contributed by atoms with Gasteiger partial charge in [-0.3, -0.25) is 4.68 Å². The molecule has 0 amide bonds. The van der Waals surface area contributed by atoms with Gasteiger partial charge in [0.15, 0.2) is 0 Å². The number of methoxy groups -OCH3 is 1. The van der Waals surface area contributed by atoms with E-state index < -0.39 is 0 Å². The number of aryl methyl sites for hydroxylation is 1. The maximum absolute atomic E-state index is 5.99. The average Bonchev–Trinajstić information content (AvgIpc) is 2.59. The summed E-state index contributed by atoms with van der Waals surface area (Å²) in [4.78, 5) is 0. The number of benzene rings is 1. The Morgan fingerprint density at radius 3 is 2.69 bits per heavy atom. The first kappa shape index (κ1) is 10.8. The van der Waals surface area contributed by atoms with Crippen molar-refractivity contribution in [2.24, 2.45) is 7.05 Å². The Labute approximate surface area is 98.6 Å². The van der Waals surface area contributed by atoms with Crippen LogP contribution in [0.3, 0.4) is 0 Å². The molecule has 0 aliphatic rings. The number of aromatic nitrogens is 2. The van der Waals surface area contributed by atoms with Gasteiger partial charge in [-0.15, -0.1) is 0 Å². The van der Waals surface area contributed by atoms with Crippen LogP contribution < -0.4 is 10.5 Å². The second-order valence-electron chi connectivity index (χ2n) is 3.45. The summed E-state index contributed by atoms with van der Waals surface area (Å²) in [7, 11) is 3.39. The predicted octanol–water partition coefficient (Wildman–Crippen LogP) is 2.33. The largest absolute Gasteiger partial charge is 0.497 e. The zero-order chi connectivity index (χ0) is 11.7. The topological polar surface area (TPSA) is 53.1 Å². The minimum Gasteiger partial charge on any atom is -0.497 e. The number of nitrogens with zero attached hydrogens (tertiary/aromatic N) is 2. The molecule has 4 nitrogen and oxygen atoms in total. The maximum atomic E-state index is 5.99. The van der Waals surface area contributed by atoms with Gasteiger partial charge < -0.3 is 10.5 Å². The second kappa shape index (κ2) is 4.06. The van der Waals surface area contributed by atoms with Gasteiger partial charge in [0.05, 0.1) is 13.3 Å². The van der Waals surface area contributed by atoms with E-state index in [0.29, 0.717) is 16.6 Å². The van der Waals surface area contributed by atoms with Crippen molar-refractivity contribution < 1.29 is 4.74 Å². The maximum Gasteiger partial charge on any atom is 0.129 e. The van der Waals surface area contributed by atoms with E-state index in [1.807, 2.05) is 12.1 Å². The van der Waals surface area contributed by atoms with Gasteiger partial charge in [0, 0.05) is 17.6 Å². The standard InChI is InChI=1S/C11H12ClN3O/c1-15-11(13)10(6-14-15)7-3-8(12)5-9(4-7)16-2/h3-6H,13H2,1-2H3. The highest BCUT2D eigenvalue weighted by Gasteiger charge is 2.09. The second-order valence-corrected chi connectivity index (χ2v) is 3.88. The van der Waals surface area contributed by atoms with Crippen LogP contribution in [-0.2, 0) is 7.05 Å². The molecule has 0 unspecified atom stereocenters. The molecule has 5 heteroatoms. The molecule has 0 bridgehead atoms. The van der Waals surface area contributed by atoms with Gasteiger partial charge in [0.25, 0.3) is 0 Å². The van der Waals surface area contributed by atoms with E-state index >= 15 is 0 Å². The molecule has 0 aliphatic carbocycles. The van der Waals surface area contributed by atoms with Crippen molar-refractivity contribution in [3.8, 4) is 16.9 Å². The first-order chi connectivity index (χ1) is 7.61. The van der Waals surface area contributed by atoms with Crippen LogP contribution in [-0.4, -0.2) is 16.9 Å². The van der Waals surface area contributed by atoms with E-state index in [-0.39, 0.29) is 0 Å². The van der Waals surface area contributed by atoms with E-state index in [0.717, 1.165) is 11.1 Å². The third-order valence-corrected chi connectivity index (χ3v) is 2.62. The highest BCUT2D eigenvalue weighted by Crippen LogP contribution is 2.31. The summed E-state index contributed by atoms with van der Waals surface area (Å²) >= 11 is 5.99. The van der Waals surface area contributed by atoms with Crippen molar-refractivity contribution in [3.05, 3.63) is 29.4 Å². The summed E-state index contributed by atoms with van der Waals surface area (Å²) in [5.74, 6) is 1.30. The number of hydrogen-bond donors (Lipinski definition) is 1. The molecular formula is C11H12ClN3O. The Morgan fingerprint density at radius 2 is 2.12 bits per heavy atom. The van der Waals surface area contributed by atoms with Crippen LogP contribution in [0.2, 0.25) is 5.02 Å². The van der Waals surface area contributed by atoms with Crippen LogP contribution in [0.5, 0.6) is 5.75 Å². The van der Waals surface area contributed by atoms with E-state index in [9.17, 15) is 0 Å². The van der Waals surface area contributed by atoms with E-state index in [2.05, 4.69) is 5.10 Å². The Morgan fingerprint density at radius 1 is 1.38 bits per heavy atom. The summed E-state index contributed by atoms with van der Waals surface area (Å²) in [6.07, 6.45) is 1.71. The molecule has 0 saturated heterocycles. The summed E-state index contributed by atoms with van der Waals surface area (Å²) in [5, 5.41) is 4.69. The zero-order valence-corrected chi connectivity index (χ0v) is 9.82. The van der Waals surface area contributed by atoms with E-state index in [1.165, 1.54) is 0 Å². The van der Waals surface area contributed by atoms with Crippen LogP contribution in [0.15, 0.2) is 24.4 Å². The van der Waals surface area contributed by atoms with Crippen LogP contribution in [0.25, 0.3) is 11.1 Å². The van der Waals surface area contributed by atoms with Crippen LogP contribution in [0, 0.1) is 0 Å². The Kier molecular flexibility index (Phi) is 2.75. The first-order valence-electron chi connectivity index (χ1n) is 4.74. The molecule has 84 valence electrons. The first-order valence-corrected chi connectivity index (χ1v) is 5.12. The number of nitrogens with two attached hydrogens (primary N) is 1. The van der Waals surface area contributed by atoms with E-state index in [1.54, 1.807) is 31.1 Å². The van der Waals surface area contributed by atoms with Gasteiger partial charge in [-0.05, 0) is 23.8 Å². The van der Waals surface area contributed by atoms with Gasteiger partial charge in [-0.1, -0.05) is 11.6 Å². The van der Waals surface area contributed by atoms with Crippen molar-refractivity contribution >= 4 is 17.4 Å². The lowest BCUT2D eigenvalue weighted by Crippen LogP contribution is -1.98. The molecule has 2 N–H and O–H groups in total. The molecule has 1 heterocycles. The number of halogens is 1. The molecule has 0 saturated carbocycles. The van der Waals surface area contributed by atoms with E-state index in [4.69, 9.17) is 22.1 Å². The smallest absolute Gasteiger partial charge is 0.129 e. The lowest BCUT2D eigenvalue weighted by atomic mass is 10.1. The van der Waals surface area contributed by atoms with Crippen molar-refractivity contribution in [3.63, 3.8) is 0 Å². The quantitative estimate of drug-likeness (QED) is 0.872. The van der Waals surface area contributed by atoms with Gasteiger partial charge in [0.2, 0.25) is 0 Å². The number of anilines is 1. The van der Waals surface area contributed by atoms with Crippen LogP contribution in [0.4, 0.5) is 5.82 Å². The minimum atomic E-state index is 0.601. The average molecular weight is 238 g/mol. The molecule has 1 aromatic heterocycles. The normalized spacial score (nSPS) is 10.4. The Bertz CT molecular complexity index is 522. The summed E-state index contributed by atoms with van der Waals surface area (Å²) in [6.45, 7) is 0. The molecule has 0 fully saturated rings. The minimum absolute atomic E-state index is 0.601. The Balaban J connectivity index is 2.55. The highest BCUT2D eigenvalue weighted by atomic mass is 35.5. The summed E-state index contributed by atoms with van der Waals surface area (Å²) < 4.78 is 6.77. The molecular weight excluding hydrogens is 226 g/mol. The van der Waals surface area contributed by atoms with Gasteiger partial charge in [-0.25, -0.2) is 0 Å². The molecule has 2 rings (SSSR count). The molecule has 0 aliphatic heterocycles. The predicted molar refractivity (Wildman–Crippen MR) is 64.6 cm³/mol. The SMILES string of the molecule is COc1cc(Cl)cc(-c2cnn(C)c2N)c1. The lowest BCUT2D eigenvalue weighted by molar-refractivity contribution is 0.415. The fraction of sp³-hybridized carbons (Fsp3) is 0.182. The van der Waals surface area contributed by atoms with Gasteiger partial charge in [-0.2, -0.15) is 5.10 Å². The zero-order valence-electron chi connectivity index (χ0n) is 9.07. The lowest BCUT2D eigenvalue weighted by Gasteiger charge is -2.05. The molecule has 0 radical (unpaired) electrons. The molecule has 16 heavy (non-hydrogen) atoms. The Hall–Kier alpha value is -1.68. The van der Waals surface area contributed by atoms with Crippen LogP contribution >= 0.6 is 11.6 Å². The van der Waals surface area contributed by atoms with Crippen molar-refractivity contribution in [1.82, 2.24) is 9.78 Å². The number of nitrogen functional groups attached to an aromatic ring is 1. The fourth-order valence-corrected chi connectivity index (χ4v) is 1.73. The van der Waals surface area contributed by atoms with Gasteiger partial charge in [0.1, 0.15) is 11.6 Å². The summed E-state index contributed by atoms with van der Waals surface area (Å²) in [6, 6.07) is 5.45. The number of hydrogen-bond acceptors (Lipinski definition) is 3. The third-order valence-electron chi connectivity index (χ3n) is 2.40. The number of ether oxygens (including phenoxy) is 1. The molecule has 2 aromatic rings. The summed E-state index contributed by atoms with van der Waals surface area (Å²) in [5.41, 5.74) is 7.64. The molecule has 1 aromatic carbocycles. The van der Waals surface area contributed by atoms with Crippen molar-refractivity contribution in [2.45, 2.75) is 0 Å². The molecule has 0 atom stereocenters.